The van der Waals surface area contributed by atoms with E-state index in [0.717, 1.165) is 22.8 Å². The van der Waals surface area contributed by atoms with Crippen molar-refractivity contribution >= 4 is 23.1 Å². The van der Waals surface area contributed by atoms with Crippen molar-refractivity contribution < 1.29 is 9.53 Å². The maximum atomic E-state index is 10.8. The number of unbranched alkanes of at least 4 members (excludes halogenated alkanes) is 2. The molecule has 0 rings (SSSR count). The summed E-state index contributed by atoms with van der Waals surface area (Å²) in [4.78, 5) is 10.8. The molecular formula is C12H26O2P2. The van der Waals surface area contributed by atoms with Crippen LogP contribution < -0.4 is 0 Å². The van der Waals surface area contributed by atoms with E-state index in [4.69, 9.17) is 4.74 Å². The number of rotatable bonds is 9. The number of esters is 1. The summed E-state index contributed by atoms with van der Waals surface area (Å²) in [7, 11) is 1.84. The average Bonchev–Trinajstić information content (AvgIpc) is 2.27. The molecular weight excluding hydrogens is 238 g/mol. The Balaban J connectivity index is 3.99. The van der Waals surface area contributed by atoms with E-state index >= 15 is 0 Å². The van der Waals surface area contributed by atoms with E-state index in [1.165, 1.54) is 32.6 Å². The van der Waals surface area contributed by atoms with Crippen molar-refractivity contribution in [1.29, 1.82) is 0 Å². The number of carbonyl (C=O) groups excluding carboxylic acids is 1. The van der Waals surface area contributed by atoms with Gasteiger partial charge in [0, 0.05) is 12.6 Å². The quantitative estimate of drug-likeness (QED) is 0.362. The highest BCUT2D eigenvalue weighted by molar-refractivity contribution is 7.42. The SMILES string of the molecule is CCCCCC(PC)C(COC(C)=O)PC. The van der Waals surface area contributed by atoms with Gasteiger partial charge in [0.1, 0.15) is 0 Å². The first-order valence-corrected chi connectivity index (χ1v) is 9.29. The van der Waals surface area contributed by atoms with Gasteiger partial charge in [0.05, 0.1) is 6.61 Å². The lowest BCUT2D eigenvalue weighted by atomic mass is 10.1. The number of hydrogen-bond donors (Lipinski definition) is 0. The lowest BCUT2D eigenvalue weighted by molar-refractivity contribution is -0.140. The summed E-state index contributed by atoms with van der Waals surface area (Å²) in [5.74, 6) is -0.144. The molecule has 0 spiro atoms. The van der Waals surface area contributed by atoms with Crippen LogP contribution in [0.1, 0.15) is 39.5 Å². The molecule has 0 saturated heterocycles. The molecule has 0 saturated carbocycles. The van der Waals surface area contributed by atoms with Crippen LogP contribution in [0.2, 0.25) is 0 Å². The van der Waals surface area contributed by atoms with Crippen LogP contribution in [0.25, 0.3) is 0 Å². The van der Waals surface area contributed by atoms with Crippen molar-refractivity contribution in [2.75, 3.05) is 19.9 Å². The summed E-state index contributed by atoms with van der Waals surface area (Å²) in [5, 5.41) is 0. The van der Waals surface area contributed by atoms with E-state index < -0.39 is 0 Å². The fourth-order valence-corrected chi connectivity index (χ4v) is 4.58. The maximum Gasteiger partial charge on any atom is 0.302 e. The third kappa shape index (κ3) is 7.58. The zero-order chi connectivity index (χ0) is 12.4. The van der Waals surface area contributed by atoms with Crippen molar-refractivity contribution in [3.63, 3.8) is 0 Å². The third-order valence-corrected chi connectivity index (χ3v) is 5.89. The van der Waals surface area contributed by atoms with Crippen LogP contribution in [0.5, 0.6) is 0 Å². The fourth-order valence-electron chi connectivity index (χ4n) is 1.77. The molecule has 0 bridgehead atoms. The van der Waals surface area contributed by atoms with Gasteiger partial charge in [-0.2, -0.15) is 0 Å². The van der Waals surface area contributed by atoms with Crippen molar-refractivity contribution in [3.8, 4) is 0 Å². The highest BCUT2D eigenvalue weighted by Crippen LogP contribution is 2.33. The van der Waals surface area contributed by atoms with E-state index in [1.54, 1.807) is 0 Å². The highest BCUT2D eigenvalue weighted by atomic mass is 31.1. The fraction of sp³-hybridized carbons (Fsp3) is 0.917. The number of carbonyl (C=O) groups is 1. The summed E-state index contributed by atoms with van der Waals surface area (Å²) in [5.41, 5.74) is 1.35. The maximum absolute atomic E-state index is 10.8. The molecule has 0 fully saturated rings. The predicted octanol–water partition coefficient (Wildman–Crippen LogP) is 3.48. The largest absolute Gasteiger partial charge is 0.465 e. The molecule has 2 nitrogen and oxygen atoms in total. The second-order valence-electron chi connectivity index (χ2n) is 4.09. The first-order chi connectivity index (χ1) is 7.65. The standard InChI is InChI=1S/C12H26O2P2/c1-5-6-7-8-11(15-3)12(16-4)9-14-10(2)13/h11-12,15-16H,5-9H2,1-4H3. The minimum Gasteiger partial charge on any atom is -0.465 e. The van der Waals surface area contributed by atoms with E-state index in [2.05, 4.69) is 20.3 Å². The lowest BCUT2D eigenvalue weighted by Gasteiger charge is -2.24. The van der Waals surface area contributed by atoms with Crippen LogP contribution >= 0.6 is 17.2 Å². The summed E-state index contributed by atoms with van der Waals surface area (Å²) in [6.07, 6.45) is 5.23. The molecule has 0 N–H and O–H groups in total. The van der Waals surface area contributed by atoms with Gasteiger partial charge < -0.3 is 4.74 Å². The average molecular weight is 264 g/mol. The van der Waals surface area contributed by atoms with Crippen LogP contribution in [-0.2, 0) is 9.53 Å². The van der Waals surface area contributed by atoms with Crippen LogP contribution in [0.15, 0.2) is 0 Å². The second kappa shape index (κ2) is 10.5. The zero-order valence-electron chi connectivity index (χ0n) is 11.0. The first-order valence-electron chi connectivity index (χ1n) is 6.13. The Morgan fingerprint density at radius 2 is 1.81 bits per heavy atom. The zero-order valence-corrected chi connectivity index (χ0v) is 13.0. The van der Waals surface area contributed by atoms with Gasteiger partial charge >= 0.3 is 5.97 Å². The van der Waals surface area contributed by atoms with Gasteiger partial charge in [0.25, 0.3) is 0 Å². The molecule has 0 radical (unpaired) electrons. The Labute approximate surface area is 104 Å². The van der Waals surface area contributed by atoms with Crippen LogP contribution in [0.3, 0.4) is 0 Å². The first kappa shape index (κ1) is 16.3. The second-order valence-corrected chi connectivity index (χ2v) is 6.73. The minimum atomic E-state index is -0.144. The van der Waals surface area contributed by atoms with Gasteiger partial charge in [-0.15, -0.1) is 17.2 Å². The molecule has 4 unspecified atom stereocenters. The number of ether oxygens (including phenoxy) is 1. The molecule has 4 atom stereocenters. The summed E-state index contributed by atoms with van der Waals surface area (Å²) >= 11 is 0. The Hall–Kier alpha value is 0.330. The molecule has 96 valence electrons. The normalized spacial score (nSPS) is 16.0. The van der Waals surface area contributed by atoms with Gasteiger partial charge in [0.2, 0.25) is 0 Å². The Morgan fingerprint density at radius 3 is 2.25 bits per heavy atom. The molecule has 0 aliphatic carbocycles. The molecule has 0 aliphatic rings. The smallest absolute Gasteiger partial charge is 0.302 e. The summed E-state index contributed by atoms with van der Waals surface area (Å²) in [6, 6.07) is 0. The lowest BCUT2D eigenvalue weighted by Crippen LogP contribution is -2.24. The Morgan fingerprint density at radius 1 is 1.19 bits per heavy atom. The molecule has 0 aromatic rings. The van der Waals surface area contributed by atoms with E-state index in [0.29, 0.717) is 12.3 Å². The minimum absolute atomic E-state index is 0.144. The Kier molecular flexibility index (Phi) is 10.7. The predicted molar refractivity (Wildman–Crippen MR) is 76.8 cm³/mol. The summed E-state index contributed by atoms with van der Waals surface area (Å²) < 4.78 is 5.16. The molecule has 0 aromatic carbocycles. The van der Waals surface area contributed by atoms with Crippen molar-refractivity contribution in [1.82, 2.24) is 0 Å². The molecule has 0 aromatic heterocycles. The van der Waals surface area contributed by atoms with E-state index in [9.17, 15) is 4.79 Å². The number of hydrogen-bond acceptors (Lipinski definition) is 2. The van der Waals surface area contributed by atoms with Crippen molar-refractivity contribution in [2.24, 2.45) is 0 Å². The molecule has 0 amide bonds. The summed E-state index contributed by atoms with van der Waals surface area (Å²) in [6.45, 7) is 8.86. The highest BCUT2D eigenvalue weighted by Gasteiger charge is 2.19. The van der Waals surface area contributed by atoms with Gasteiger partial charge in [0.15, 0.2) is 0 Å². The molecule has 4 heteroatoms. The monoisotopic (exact) mass is 264 g/mol. The van der Waals surface area contributed by atoms with E-state index in [-0.39, 0.29) is 5.97 Å². The molecule has 0 aliphatic heterocycles. The van der Waals surface area contributed by atoms with Crippen LogP contribution in [0.4, 0.5) is 0 Å². The molecule has 16 heavy (non-hydrogen) atoms. The van der Waals surface area contributed by atoms with Crippen LogP contribution in [-0.4, -0.2) is 37.2 Å². The van der Waals surface area contributed by atoms with Gasteiger partial charge in [-0.1, -0.05) is 26.2 Å². The topological polar surface area (TPSA) is 26.3 Å². The van der Waals surface area contributed by atoms with Gasteiger partial charge in [-0.25, -0.2) is 0 Å². The Bertz CT molecular complexity index is 186. The van der Waals surface area contributed by atoms with E-state index in [1.807, 2.05) is 0 Å². The van der Waals surface area contributed by atoms with Crippen molar-refractivity contribution in [3.05, 3.63) is 0 Å². The van der Waals surface area contributed by atoms with Gasteiger partial charge in [-0.05, 0) is 25.4 Å². The van der Waals surface area contributed by atoms with Crippen LogP contribution in [0, 0.1) is 0 Å². The van der Waals surface area contributed by atoms with Gasteiger partial charge in [-0.3, -0.25) is 4.79 Å². The van der Waals surface area contributed by atoms with Crippen molar-refractivity contribution in [2.45, 2.75) is 50.8 Å². The third-order valence-electron chi connectivity index (χ3n) is 2.81. The molecule has 0 heterocycles.